The quantitative estimate of drug-likeness (QED) is 0.583. The minimum Gasteiger partial charge on any atom is -0.332 e. The first-order chi connectivity index (χ1) is 7.78. The van der Waals surface area contributed by atoms with Crippen molar-refractivity contribution >= 4 is 27.7 Å². The van der Waals surface area contributed by atoms with Crippen LogP contribution < -0.4 is 0 Å². The highest BCUT2D eigenvalue weighted by molar-refractivity contribution is 9.09. The summed E-state index contributed by atoms with van der Waals surface area (Å²) in [6.45, 7) is 9.92. The van der Waals surface area contributed by atoms with Crippen LogP contribution in [0.2, 0.25) is 0 Å². The Morgan fingerprint density at radius 1 is 1.24 bits per heavy atom. The first-order valence-corrected chi connectivity index (χ1v) is 7.06. The van der Waals surface area contributed by atoms with Gasteiger partial charge in [-0.25, -0.2) is 0 Å². The third-order valence-electron chi connectivity index (χ3n) is 2.95. The Bertz CT molecular complexity index is 316. The van der Waals surface area contributed by atoms with Gasteiger partial charge < -0.3 is 9.80 Å². The lowest BCUT2D eigenvalue weighted by molar-refractivity contribution is -0.158. The fraction of sp³-hybridized carbons (Fsp3) is 0.833. The number of hydrogen-bond acceptors (Lipinski definition) is 2. The van der Waals surface area contributed by atoms with Crippen LogP contribution in [0.3, 0.4) is 0 Å². The fourth-order valence-electron chi connectivity index (χ4n) is 1.89. The summed E-state index contributed by atoms with van der Waals surface area (Å²) in [5.74, 6) is -0.726. The van der Waals surface area contributed by atoms with Crippen molar-refractivity contribution in [1.82, 2.24) is 9.80 Å². The number of carbonyl (C=O) groups excluding carboxylic acids is 2. The summed E-state index contributed by atoms with van der Waals surface area (Å²) in [5, 5.41) is 0.811. The highest BCUT2D eigenvalue weighted by atomic mass is 79.9. The Balaban J connectivity index is 2.69. The second-order valence-electron chi connectivity index (χ2n) is 5.62. The Labute approximate surface area is 111 Å². The van der Waals surface area contributed by atoms with Gasteiger partial charge in [-0.1, -0.05) is 29.8 Å². The maximum absolute atomic E-state index is 12.0. The van der Waals surface area contributed by atoms with E-state index in [2.05, 4.69) is 29.8 Å². The van der Waals surface area contributed by atoms with Gasteiger partial charge in [-0.15, -0.1) is 0 Å². The van der Waals surface area contributed by atoms with Crippen molar-refractivity contribution in [3.05, 3.63) is 0 Å². The summed E-state index contributed by atoms with van der Waals surface area (Å²) < 4.78 is 0. The van der Waals surface area contributed by atoms with Crippen molar-refractivity contribution in [2.75, 3.05) is 25.0 Å². The van der Waals surface area contributed by atoms with E-state index < -0.39 is 0 Å². The molecule has 1 aliphatic rings. The second-order valence-corrected chi connectivity index (χ2v) is 6.18. The number of amides is 2. The molecule has 1 fully saturated rings. The Morgan fingerprint density at radius 2 is 1.82 bits per heavy atom. The lowest BCUT2D eigenvalue weighted by atomic mass is 9.95. The van der Waals surface area contributed by atoms with Crippen molar-refractivity contribution in [2.24, 2.45) is 5.41 Å². The lowest BCUT2D eigenvalue weighted by Gasteiger charge is -2.39. The molecule has 0 aromatic carbocycles. The van der Waals surface area contributed by atoms with Gasteiger partial charge in [-0.3, -0.25) is 9.59 Å². The minimum absolute atomic E-state index is 0.00403. The van der Waals surface area contributed by atoms with E-state index in [-0.39, 0.29) is 23.3 Å². The number of nitrogens with zero attached hydrogens (tertiary/aromatic N) is 2. The molecule has 17 heavy (non-hydrogen) atoms. The molecule has 5 heteroatoms. The van der Waals surface area contributed by atoms with Crippen LogP contribution in [0.25, 0.3) is 0 Å². The van der Waals surface area contributed by atoms with Gasteiger partial charge in [0.25, 0.3) is 0 Å². The van der Waals surface area contributed by atoms with Gasteiger partial charge in [-0.05, 0) is 19.3 Å². The van der Waals surface area contributed by atoms with Gasteiger partial charge in [0.15, 0.2) is 0 Å². The predicted octanol–water partition coefficient (Wildman–Crippen LogP) is 1.49. The highest BCUT2D eigenvalue weighted by Gasteiger charge is 2.35. The van der Waals surface area contributed by atoms with E-state index in [1.54, 1.807) is 9.80 Å². The smallest absolute Gasteiger partial charge is 0.312 e. The van der Waals surface area contributed by atoms with E-state index in [4.69, 9.17) is 0 Å². The molecule has 98 valence electrons. The van der Waals surface area contributed by atoms with Crippen LogP contribution >= 0.6 is 15.9 Å². The second kappa shape index (κ2) is 5.38. The molecule has 0 unspecified atom stereocenters. The molecule has 0 spiro atoms. The summed E-state index contributed by atoms with van der Waals surface area (Å²) in [6.07, 6.45) is 0. The molecule has 0 bridgehead atoms. The molecule has 0 saturated carbocycles. The number of halogens is 1. The SMILES string of the molecule is CC(C)N1CCN(CC(C)(C)CBr)C(=O)C1=O. The van der Waals surface area contributed by atoms with Gasteiger partial charge in [0, 0.05) is 31.0 Å². The Morgan fingerprint density at radius 3 is 2.29 bits per heavy atom. The monoisotopic (exact) mass is 304 g/mol. The molecule has 0 aromatic heterocycles. The molecule has 4 nitrogen and oxygen atoms in total. The zero-order chi connectivity index (χ0) is 13.2. The van der Waals surface area contributed by atoms with Crippen LogP contribution in [0, 0.1) is 5.41 Å². The van der Waals surface area contributed by atoms with Crippen LogP contribution in [-0.2, 0) is 9.59 Å². The molecule has 0 N–H and O–H groups in total. The van der Waals surface area contributed by atoms with Crippen molar-refractivity contribution in [3.8, 4) is 0 Å². The summed E-state index contributed by atoms with van der Waals surface area (Å²) in [6, 6.07) is 0.0952. The minimum atomic E-state index is -0.364. The molecular weight excluding hydrogens is 284 g/mol. The number of carbonyl (C=O) groups is 2. The van der Waals surface area contributed by atoms with E-state index >= 15 is 0 Å². The summed E-state index contributed by atoms with van der Waals surface area (Å²) in [4.78, 5) is 27.1. The maximum Gasteiger partial charge on any atom is 0.312 e. The highest BCUT2D eigenvalue weighted by Crippen LogP contribution is 2.21. The molecule has 1 heterocycles. The van der Waals surface area contributed by atoms with Gasteiger partial charge in [0.05, 0.1) is 0 Å². The van der Waals surface area contributed by atoms with Crippen molar-refractivity contribution in [2.45, 2.75) is 33.7 Å². The van der Waals surface area contributed by atoms with E-state index in [1.165, 1.54) is 0 Å². The topological polar surface area (TPSA) is 40.6 Å². The van der Waals surface area contributed by atoms with Crippen LogP contribution in [-0.4, -0.2) is 52.6 Å². The van der Waals surface area contributed by atoms with Crippen LogP contribution in [0.5, 0.6) is 0 Å². The molecular formula is C12H21BrN2O2. The third-order valence-corrected chi connectivity index (χ3v) is 4.46. The van der Waals surface area contributed by atoms with Gasteiger partial charge >= 0.3 is 11.8 Å². The number of alkyl halides is 1. The number of rotatable bonds is 4. The number of hydrogen-bond donors (Lipinski definition) is 0. The zero-order valence-corrected chi connectivity index (χ0v) is 12.6. The van der Waals surface area contributed by atoms with Gasteiger partial charge in [-0.2, -0.15) is 0 Å². The molecule has 0 atom stereocenters. The lowest BCUT2D eigenvalue weighted by Crippen LogP contribution is -2.57. The average molecular weight is 305 g/mol. The maximum atomic E-state index is 12.0. The van der Waals surface area contributed by atoms with Crippen LogP contribution in [0.1, 0.15) is 27.7 Å². The molecule has 0 aliphatic carbocycles. The van der Waals surface area contributed by atoms with Crippen LogP contribution in [0.4, 0.5) is 0 Å². The van der Waals surface area contributed by atoms with E-state index in [0.717, 1.165) is 5.33 Å². The van der Waals surface area contributed by atoms with Crippen molar-refractivity contribution < 1.29 is 9.59 Å². The molecule has 1 aliphatic heterocycles. The fourth-order valence-corrected chi connectivity index (χ4v) is 2.07. The van der Waals surface area contributed by atoms with E-state index in [1.807, 2.05) is 13.8 Å². The Kier molecular flexibility index (Phi) is 4.58. The zero-order valence-electron chi connectivity index (χ0n) is 11.0. The number of piperazine rings is 1. The summed E-state index contributed by atoms with van der Waals surface area (Å²) in [5.41, 5.74) is -0.00403. The average Bonchev–Trinajstić information content (AvgIpc) is 2.24. The summed E-state index contributed by atoms with van der Waals surface area (Å²) in [7, 11) is 0. The standard InChI is InChI=1S/C12H21BrN2O2/c1-9(2)15-6-5-14(10(16)11(15)17)8-12(3,4)7-13/h9H,5-8H2,1-4H3. The van der Waals surface area contributed by atoms with Gasteiger partial charge in [0.2, 0.25) is 0 Å². The Hall–Kier alpha value is -0.580. The van der Waals surface area contributed by atoms with E-state index in [9.17, 15) is 9.59 Å². The molecule has 0 aromatic rings. The van der Waals surface area contributed by atoms with Crippen molar-refractivity contribution in [1.29, 1.82) is 0 Å². The first kappa shape index (κ1) is 14.5. The van der Waals surface area contributed by atoms with Crippen LogP contribution in [0.15, 0.2) is 0 Å². The predicted molar refractivity (Wildman–Crippen MR) is 71.0 cm³/mol. The first-order valence-electron chi connectivity index (χ1n) is 5.94. The molecule has 1 rings (SSSR count). The van der Waals surface area contributed by atoms with Crippen molar-refractivity contribution in [3.63, 3.8) is 0 Å². The summed E-state index contributed by atoms with van der Waals surface area (Å²) >= 11 is 3.43. The van der Waals surface area contributed by atoms with Gasteiger partial charge in [0.1, 0.15) is 0 Å². The normalized spacial score (nSPS) is 18.2. The molecule has 0 radical (unpaired) electrons. The molecule has 2 amide bonds. The largest absolute Gasteiger partial charge is 0.332 e. The molecule has 1 saturated heterocycles. The van der Waals surface area contributed by atoms with E-state index in [0.29, 0.717) is 19.6 Å². The third kappa shape index (κ3) is 3.44.